The maximum absolute atomic E-state index is 12.9. The summed E-state index contributed by atoms with van der Waals surface area (Å²) in [4.78, 5) is 52.3. The highest BCUT2D eigenvalue weighted by atomic mass is 16.4. The van der Waals surface area contributed by atoms with Gasteiger partial charge in [-0.3, -0.25) is 19.2 Å². The minimum absolute atomic E-state index is 0.0485. The first kappa shape index (κ1) is 26.8. The molecule has 4 unspecified atom stereocenters. The summed E-state index contributed by atoms with van der Waals surface area (Å²) in [6.45, 7) is 4.39. The highest BCUT2D eigenvalue weighted by Crippen LogP contribution is 2.19. The molecule has 0 spiro atoms. The summed E-state index contributed by atoms with van der Waals surface area (Å²) in [5, 5.41) is 26.9. The van der Waals surface area contributed by atoms with Crippen LogP contribution >= 0.6 is 0 Å². The van der Waals surface area contributed by atoms with Gasteiger partial charge in [0.25, 0.3) is 0 Å². The van der Waals surface area contributed by atoms with E-state index in [-0.39, 0.29) is 12.3 Å². The number of aliphatic hydroxyl groups is 1. The van der Waals surface area contributed by atoms with E-state index in [4.69, 9.17) is 10.8 Å². The van der Waals surface area contributed by atoms with Crippen LogP contribution in [0.3, 0.4) is 0 Å². The predicted octanol–water partition coefficient (Wildman–Crippen LogP) is -0.365. The Hall–Kier alpha value is -3.44. The van der Waals surface area contributed by atoms with Gasteiger partial charge >= 0.3 is 5.97 Å². The molecule has 4 atom stereocenters. The second-order valence-corrected chi connectivity index (χ2v) is 8.67. The van der Waals surface area contributed by atoms with Crippen molar-refractivity contribution in [2.24, 2.45) is 11.7 Å². The zero-order chi connectivity index (χ0) is 25.4. The lowest BCUT2D eigenvalue weighted by molar-refractivity contribution is -0.141. The van der Waals surface area contributed by atoms with E-state index in [0.29, 0.717) is 6.42 Å². The van der Waals surface area contributed by atoms with Gasteiger partial charge in [0, 0.05) is 23.5 Å². The van der Waals surface area contributed by atoms with Crippen molar-refractivity contribution in [2.75, 3.05) is 6.61 Å². The van der Waals surface area contributed by atoms with Gasteiger partial charge in [-0.2, -0.15) is 0 Å². The first-order chi connectivity index (χ1) is 16.0. The summed E-state index contributed by atoms with van der Waals surface area (Å²) in [7, 11) is 0. The number of rotatable bonds is 12. The number of hydrogen-bond donors (Lipinski definition) is 7. The molecular weight excluding hydrogens is 442 g/mol. The average Bonchev–Trinajstić information content (AvgIpc) is 3.18. The van der Waals surface area contributed by atoms with Crippen LogP contribution < -0.4 is 21.7 Å². The van der Waals surface area contributed by atoms with E-state index in [0.717, 1.165) is 16.5 Å². The van der Waals surface area contributed by atoms with Gasteiger partial charge in [-0.05, 0) is 30.9 Å². The number of hydrogen-bond acceptors (Lipinski definition) is 6. The van der Waals surface area contributed by atoms with E-state index in [1.165, 1.54) is 6.92 Å². The number of H-pyrrole nitrogens is 1. The number of aliphatic carboxylic acids is 1. The van der Waals surface area contributed by atoms with Crippen molar-refractivity contribution < 1.29 is 29.4 Å². The molecule has 0 bridgehead atoms. The van der Waals surface area contributed by atoms with Crippen LogP contribution in [-0.4, -0.2) is 69.7 Å². The highest BCUT2D eigenvalue weighted by molar-refractivity contribution is 5.94. The summed E-state index contributed by atoms with van der Waals surface area (Å²) in [6.07, 6.45) is 2.14. The molecule has 3 amide bonds. The Bertz CT molecular complexity index is 1020. The molecule has 8 N–H and O–H groups in total. The summed E-state index contributed by atoms with van der Waals surface area (Å²) in [6, 6.07) is 2.85. The second kappa shape index (κ2) is 12.1. The molecule has 0 aliphatic carbocycles. The first-order valence-electron chi connectivity index (χ1n) is 11.1. The fraction of sp³-hybridized carbons (Fsp3) is 0.478. The van der Waals surface area contributed by atoms with Gasteiger partial charge in [0.1, 0.15) is 18.1 Å². The zero-order valence-corrected chi connectivity index (χ0v) is 19.5. The number of aromatic amines is 1. The maximum atomic E-state index is 12.9. The van der Waals surface area contributed by atoms with Crippen molar-refractivity contribution in [3.8, 4) is 0 Å². The number of carbonyl (C=O) groups excluding carboxylic acids is 3. The Morgan fingerprint density at radius 2 is 1.59 bits per heavy atom. The van der Waals surface area contributed by atoms with E-state index in [9.17, 15) is 24.3 Å². The van der Waals surface area contributed by atoms with E-state index >= 15 is 0 Å². The summed E-state index contributed by atoms with van der Waals surface area (Å²) >= 11 is 0. The van der Waals surface area contributed by atoms with E-state index in [2.05, 4.69) is 20.9 Å². The monoisotopic (exact) mass is 475 g/mol. The molecule has 0 aliphatic heterocycles. The number of aliphatic hydroxyl groups excluding tert-OH is 1. The van der Waals surface area contributed by atoms with Crippen LogP contribution in [0.15, 0.2) is 30.5 Å². The van der Waals surface area contributed by atoms with Gasteiger partial charge in [0.15, 0.2) is 0 Å². The van der Waals surface area contributed by atoms with Crippen molar-refractivity contribution in [1.29, 1.82) is 0 Å². The summed E-state index contributed by atoms with van der Waals surface area (Å²) in [5.41, 5.74) is 7.41. The fourth-order valence-corrected chi connectivity index (χ4v) is 3.47. The third kappa shape index (κ3) is 7.29. The Morgan fingerprint density at radius 3 is 2.21 bits per heavy atom. The lowest BCUT2D eigenvalue weighted by Crippen LogP contribution is -2.58. The van der Waals surface area contributed by atoms with Crippen molar-refractivity contribution in [3.63, 3.8) is 0 Å². The Kier molecular flexibility index (Phi) is 9.58. The number of nitrogens with two attached hydrogens (primary N) is 1. The number of carboxylic acids is 1. The molecule has 11 nitrogen and oxygen atoms in total. The minimum Gasteiger partial charge on any atom is -0.480 e. The highest BCUT2D eigenvalue weighted by Gasteiger charge is 2.30. The maximum Gasteiger partial charge on any atom is 0.325 e. The lowest BCUT2D eigenvalue weighted by Gasteiger charge is -2.24. The number of para-hydroxylation sites is 1. The van der Waals surface area contributed by atoms with Crippen LogP contribution in [0, 0.1) is 5.92 Å². The number of fused-ring (bicyclic) bond motifs is 1. The fourth-order valence-electron chi connectivity index (χ4n) is 3.47. The molecule has 1 heterocycles. The van der Waals surface area contributed by atoms with E-state index in [1.54, 1.807) is 6.20 Å². The molecule has 1 aromatic carbocycles. The molecule has 0 saturated heterocycles. The second-order valence-electron chi connectivity index (χ2n) is 8.67. The Morgan fingerprint density at radius 1 is 0.971 bits per heavy atom. The smallest absolute Gasteiger partial charge is 0.325 e. The molecule has 1 aromatic heterocycles. The van der Waals surface area contributed by atoms with Gasteiger partial charge in [-0.1, -0.05) is 32.0 Å². The van der Waals surface area contributed by atoms with Crippen LogP contribution in [-0.2, 0) is 25.6 Å². The first-order valence-corrected chi connectivity index (χ1v) is 11.1. The number of carbonyl (C=O) groups is 4. The van der Waals surface area contributed by atoms with Gasteiger partial charge in [-0.15, -0.1) is 0 Å². The number of benzene rings is 1. The van der Waals surface area contributed by atoms with Crippen LogP contribution in [0.25, 0.3) is 10.9 Å². The topological polar surface area (TPSA) is 187 Å². The van der Waals surface area contributed by atoms with Crippen LogP contribution in [0.1, 0.15) is 32.8 Å². The third-order valence-electron chi connectivity index (χ3n) is 5.34. The lowest BCUT2D eigenvalue weighted by atomic mass is 10.0. The third-order valence-corrected chi connectivity index (χ3v) is 5.34. The molecule has 2 rings (SSSR count). The predicted molar refractivity (Wildman–Crippen MR) is 126 cm³/mol. The van der Waals surface area contributed by atoms with Crippen LogP contribution in [0.4, 0.5) is 0 Å². The number of amides is 3. The standard InChI is InChI=1S/C23H33N5O6/c1-12(2)8-16(24)20(30)28-19(11-29)22(32)27-18(21(31)26-13(3)23(33)34)9-14-10-25-17-7-5-4-6-15(14)17/h4-7,10,12-13,16,18-19,25,29H,8-9,11,24H2,1-3H3,(H,26,31)(H,27,32)(H,28,30)(H,33,34). The quantitative estimate of drug-likeness (QED) is 0.218. The van der Waals surface area contributed by atoms with Crippen LogP contribution in [0.2, 0.25) is 0 Å². The van der Waals surface area contributed by atoms with Crippen molar-refractivity contribution in [2.45, 2.75) is 57.8 Å². The molecule has 11 heteroatoms. The molecule has 186 valence electrons. The number of nitrogens with one attached hydrogen (secondary N) is 4. The van der Waals surface area contributed by atoms with Crippen molar-refractivity contribution >= 4 is 34.6 Å². The van der Waals surface area contributed by atoms with Gasteiger partial charge < -0.3 is 36.9 Å². The molecule has 0 fully saturated rings. The zero-order valence-electron chi connectivity index (χ0n) is 19.5. The van der Waals surface area contributed by atoms with E-state index < -0.39 is 54.5 Å². The average molecular weight is 476 g/mol. The molecule has 0 aliphatic rings. The largest absolute Gasteiger partial charge is 0.480 e. The van der Waals surface area contributed by atoms with Gasteiger partial charge in [0.2, 0.25) is 17.7 Å². The molecule has 0 radical (unpaired) electrons. The number of aromatic nitrogens is 1. The minimum atomic E-state index is -1.33. The Labute approximate surface area is 197 Å². The van der Waals surface area contributed by atoms with Gasteiger partial charge in [0.05, 0.1) is 12.6 Å². The molecular formula is C23H33N5O6. The molecule has 34 heavy (non-hydrogen) atoms. The number of carboxylic acid groups (broad SMARTS) is 1. The van der Waals surface area contributed by atoms with Crippen molar-refractivity contribution in [1.82, 2.24) is 20.9 Å². The SMILES string of the molecule is CC(C)CC(N)C(=O)NC(CO)C(=O)NC(Cc1c[nH]c2ccccc12)C(=O)NC(C)C(=O)O. The Balaban J connectivity index is 2.20. The molecule has 0 saturated carbocycles. The van der Waals surface area contributed by atoms with E-state index in [1.807, 2.05) is 38.1 Å². The normalized spacial score (nSPS) is 14.8. The molecule has 2 aromatic rings. The summed E-state index contributed by atoms with van der Waals surface area (Å²) in [5.74, 6) is -3.18. The van der Waals surface area contributed by atoms with Crippen LogP contribution in [0.5, 0.6) is 0 Å². The van der Waals surface area contributed by atoms with Crippen molar-refractivity contribution in [3.05, 3.63) is 36.0 Å². The van der Waals surface area contributed by atoms with Gasteiger partial charge in [-0.25, -0.2) is 0 Å². The summed E-state index contributed by atoms with van der Waals surface area (Å²) < 4.78 is 0.